The van der Waals surface area contributed by atoms with E-state index in [0.717, 1.165) is 19.4 Å². The van der Waals surface area contributed by atoms with Gasteiger partial charge in [0.2, 0.25) is 11.8 Å². The maximum Gasteiger partial charge on any atom is 0.245 e. The van der Waals surface area contributed by atoms with Crippen LogP contribution in [0.5, 0.6) is 0 Å². The van der Waals surface area contributed by atoms with Crippen LogP contribution < -0.4 is 21.7 Å². The number of aliphatic hydroxyl groups is 1. The molecule has 1 saturated heterocycles. The quantitative estimate of drug-likeness (QED) is 0.356. The second-order valence-electron chi connectivity index (χ2n) is 6.97. The fourth-order valence-corrected chi connectivity index (χ4v) is 2.87. The number of amides is 2. The van der Waals surface area contributed by atoms with Crippen LogP contribution in [-0.2, 0) is 14.4 Å². The largest absolute Gasteiger partial charge is 0.391 e. The maximum absolute atomic E-state index is 12.5. The van der Waals surface area contributed by atoms with E-state index in [1.807, 2.05) is 0 Å². The summed E-state index contributed by atoms with van der Waals surface area (Å²) >= 11 is 0. The summed E-state index contributed by atoms with van der Waals surface area (Å²) in [6.07, 6.45) is 0.878. The average Bonchev–Trinajstić information content (AvgIpc) is 2.58. The fraction of sp³-hybridized carbons (Fsp3) is 0.824. The second kappa shape index (κ2) is 10.5. The van der Waals surface area contributed by atoms with Gasteiger partial charge in [-0.1, -0.05) is 13.8 Å². The Bertz CT molecular complexity index is 462. The van der Waals surface area contributed by atoms with Crippen LogP contribution in [0.2, 0.25) is 0 Å². The van der Waals surface area contributed by atoms with Gasteiger partial charge in [-0.25, -0.2) is 0 Å². The molecule has 8 nitrogen and oxygen atoms in total. The van der Waals surface area contributed by atoms with Crippen molar-refractivity contribution in [1.29, 1.82) is 0 Å². The highest BCUT2D eigenvalue weighted by atomic mass is 16.3. The molecule has 0 spiro atoms. The predicted molar refractivity (Wildman–Crippen MR) is 94.7 cm³/mol. The third-order valence-corrected chi connectivity index (χ3v) is 4.41. The first kappa shape index (κ1) is 21.5. The van der Waals surface area contributed by atoms with Gasteiger partial charge in [0.15, 0.2) is 5.78 Å². The number of rotatable bonds is 9. The van der Waals surface area contributed by atoms with Crippen molar-refractivity contribution in [2.45, 2.75) is 58.2 Å². The summed E-state index contributed by atoms with van der Waals surface area (Å²) in [6.45, 7) is 6.63. The summed E-state index contributed by atoms with van der Waals surface area (Å²) in [5.74, 6) is -1.42. The number of ketones is 1. The number of Topliss-reactive ketones (excluding diaryl/α,β-unsaturated/α-hetero) is 1. The molecule has 1 heterocycles. The van der Waals surface area contributed by atoms with E-state index in [1.165, 1.54) is 6.92 Å². The van der Waals surface area contributed by atoms with Gasteiger partial charge in [0.1, 0.15) is 6.04 Å². The van der Waals surface area contributed by atoms with Gasteiger partial charge in [-0.15, -0.1) is 0 Å². The third kappa shape index (κ3) is 6.72. The van der Waals surface area contributed by atoms with E-state index in [1.54, 1.807) is 13.8 Å². The van der Waals surface area contributed by atoms with Gasteiger partial charge in [0.05, 0.1) is 18.1 Å². The number of aliphatic hydroxyl groups excluding tert-OH is 1. The number of carbonyl (C=O) groups excluding carboxylic acids is 3. The average molecular weight is 356 g/mol. The number of carbonyl (C=O) groups is 3. The summed E-state index contributed by atoms with van der Waals surface area (Å²) in [5.41, 5.74) is 5.53. The monoisotopic (exact) mass is 356 g/mol. The Kier molecular flexibility index (Phi) is 9.02. The van der Waals surface area contributed by atoms with Crippen LogP contribution in [0.4, 0.5) is 0 Å². The molecule has 0 bridgehead atoms. The molecule has 8 heteroatoms. The molecule has 0 aliphatic carbocycles. The minimum absolute atomic E-state index is 0.119. The lowest BCUT2D eigenvalue weighted by Gasteiger charge is -2.28. The van der Waals surface area contributed by atoms with Crippen LogP contribution in [-0.4, -0.2) is 60.5 Å². The summed E-state index contributed by atoms with van der Waals surface area (Å²) in [5, 5.41) is 18.3. The first-order valence-electron chi connectivity index (χ1n) is 9.01. The minimum Gasteiger partial charge on any atom is -0.391 e. The van der Waals surface area contributed by atoms with Crippen molar-refractivity contribution in [3.63, 3.8) is 0 Å². The van der Waals surface area contributed by atoms with Crippen LogP contribution >= 0.6 is 0 Å². The zero-order chi connectivity index (χ0) is 19.0. The van der Waals surface area contributed by atoms with Gasteiger partial charge in [-0.3, -0.25) is 14.4 Å². The summed E-state index contributed by atoms with van der Waals surface area (Å²) in [4.78, 5) is 37.1. The van der Waals surface area contributed by atoms with Crippen LogP contribution in [0, 0.1) is 11.8 Å². The van der Waals surface area contributed by atoms with E-state index in [4.69, 9.17) is 5.73 Å². The van der Waals surface area contributed by atoms with Gasteiger partial charge in [0.25, 0.3) is 0 Å². The highest BCUT2D eigenvalue weighted by Gasteiger charge is 2.32. The first-order valence-corrected chi connectivity index (χ1v) is 9.01. The molecule has 2 amide bonds. The third-order valence-electron chi connectivity index (χ3n) is 4.41. The van der Waals surface area contributed by atoms with Crippen molar-refractivity contribution in [3.05, 3.63) is 0 Å². The molecular weight excluding hydrogens is 324 g/mol. The lowest BCUT2D eigenvalue weighted by Crippen LogP contribution is -2.57. The van der Waals surface area contributed by atoms with Gasteiger partial charge >= 0.3 is 0 Å². The number of nitrogens with one attached hydrogen (secondary N) is 3. The maximum atomic E-state index is 12.5. The molecule has 0 aromatic carbocycles. The van der Waals surface area contributed by atoms with Crippen LogP contribution in [0.3, 0.4) is 0 Å². The predicted octanol–water partition coefficient (Wildman–Crippen LogP) is -1.09. The van der Waals surface area contributed by atoms with Crippen LogP contribution in [0.25, 0.3) is 0 Å². The topological polar surface area (TPSA) is 134 Å². The van der Waals surface area contributed by atoms with E-state index in [9.17, 15) is 19.5 Å². The van der Waals surface area contributed by atoms with E-state index < -0.39 is 24.1 Å². The summed E-state index contributed by atoms with van der Waals surface area (Å²) in [7, 11) is 0. The molecule has 1 aliphatic rings. The number of hydrogen-bond acceptors (Lipinski definition) is 6. The van der Waals surface area contributed by atoms with Crippen LogP contribution in [0.1, 0.15) is 40.0 Å². The van der Waals surface area contributed by atoms with Gasteiger partial charge in [-0.05, 0) is 39.3 Å². The first-order chi connectivity index (χ1) is 11.8. The van der Waals surface area contributed by atoms with E-state index in [0.29, 0.717) is 13.0 Å². The molecule has 0 aromatic heterocycles. The molecule has 4 atom stereocenters. The SMILES string of the molecule is CC(C)C(=O)[C@H](CCN)NC(=O)[C@@H](NC(=O)[C@H]1CCCNC1)[C@H](C)O. The molecule has 1 rings (SSSR count). The van der Waals surface area contributed by atoms with Crippen molar-refractivity contribution in [2.75, 3.05) is 19.6 Å². The molecule has 0 saturated carbocycles. The standard InChI is InChI=1S/C17H32N4O4/c1-10(2)15(23)13(6-7-18)20-17(25)14(11(3)22)21-16(24)12-5-4-8-19-9-12/h10-14,19,22H,4-9,18H2,1-3H3,(H,20,25)(H,21,24)/t11-,12-,13-,14-/m0/s1. The highest BCUT2D eigenvalue weighted by molar-refractivity contribution is 5.94. The number of piperidine rings is 1. The van der Waals surface area contributed by atoms with Crippen molar-refractivity contribution >= 4 is 17.6 Å². The van der Waals surface area contributed by atoms with Crippen molar-refractivity contribution < 1.29 is 19.5 Å². The van der Waals surface area contributed by atoms with Crippen molar-refractivity contribution in [1.82, 2.24) is 16.0 Å². The zero-order valence-corrected chi connectivity index (χ0v) is 15.4. The lowest BCUT2D eigenvalue weighted by atomic mass is 9.97. The zero-order valence-electron chi connectivity index (χ0n) is 15.4. The molecule has 0 unspecified atom stereocenters. The number of nitrogens with two attached hydrogens (primary N) is 1. The van der Waals surface area contributed by atoms with E-state index >= 15 is 0 Å². The Hall–Kier alpha value is -1.51. The smallest absolute Gasteiger partial charge is 0.245 e. The minimum atomic E-state index is -1.10. The van der Waals surface area contributed by atoms with E-state index in [2.05, 4.69) is 16.0 Å². The Labute approximate surface area is 149 Å². The van der Waals surface area contributed by atoms with E-state index in [-0.39, 0.29) is 30.1 Å². The highest BCUT2D eigenvalue weighted by Crippen LogP contribution is 2.11. The summed E-state index contributed by atoms with van der Waals surface area (Å²) in [6, 6.07) is -1.82. The molecule has 0 radical (unpaired) electrons. The van der Waals surface area contributed by atoms with Crippen LogP contribution in [0.15, 0.2) is 0 Å². The molecule has 25 heavy (non-hydrogen) atoms. The van der Waals surface area contributed by atoms with Gasteiger partial charge in [-0.2, -0.15) is 0 Å². The Morgan fingerprint density at radius 1 is 1.24 bits per heavy atom. The lowest BCUT2D eigenvalue weighted by molar-refractivity contribution is -0.135. The van der Waals surface area contributed by atoms with Crippen molar-refractivity contribution in [2.24, 2.45) is 17.6 Å². The molecule has 1 aliphatic heterocycles. The molecule has 0 aromatic rings. The van der Waals surface area contributed by atoms with Gasteiger partial charge in [0, 0.05) is 12.5 Å². The Morgan fingerprint density at radius 3 is 2.40 bits per heavy atom. The molecule has 6 N–H and O–H groups in total. The number of hydrogen-bond donors (Lipinski definition) is 5. The van der Waals surface area contributed by atoms with Gasteiger partial charge < -0.3 is 26.8 Å². The molecule has 144 valence electrons. The molecule has 1 fully saturated rings. The summed E-state index contributed by atoms with van der Waals surface area (Å²) < 4.78 is 0. The Morgan fingerprint density at radius 2 is 1.92 bits per heavy atom. The fourth-order valence-electron chi connectivity index (χ4n) is 2.87. The molecular formula is C17H32N4O4. The van der Waals surface area contributed by atoms with Crippen molar-refractivity contribution in [3.8, 4) is 0 Å². The normalized spacial score (nSPS) is 21.3. The Balaban J connectivity index is 2.73. The second-order valence-corrected chi connectivity index (χ2v) is 6.97.